The first-order valence-corrected chi connectivity index (χ1v) is 13.2. The second-order valence-corrected chi connectivity index (χ2v) is 10.2. The maximum atomic E-state index is 13.8. The van der Waals surface area contributed by atoms with Gasteiger partial charge in [-0.3, -0.25) is 19.0 Å². The molecule has 2 heterocycles. The van der Waals surface area contributed by atoms with Crippen LogP contribution in [0.25, 0.3) is 6.08 Å². The average molecular weight is 589 g/mol. The molecule has 0 spiro atoms. The first kappa shape index (κ1) is 28.3. The zero-order chi connectivity index (χ0) is 28.4. The molecular formula is C27H22Cl2N2O7S. The molecule has 1 unspecified atom stereocenters. The highest BCUT2D eigenvalue weighted by Crippen LogP contribution is 2.34. The van der Waals surface area contributed by atoms with E-state index in [0.29, 0.717) is 31.2 Å². The van der Waals surface area contributed by atoms with E-state index in [1.54, 1.807) is 44.2 Å². The van der Waals surface area contributed by atoms with Crippen molar-refractivity contribution in [3.63, 3.8) is 0 Å². The lowest BCUT2D eigenvalue weighted by atomic mass is 9.96. The summed E-state index contributed by atoms with van der Waals surface area (Å²) in [6.07, 6.45) is 1.59. The molecule has 2 aromatic carbocycles. The highest BCUT2D eigenvalue weighted by Gasteiger charge is 2.33. The minimum Gasteiger partial charge on any atom is -0.463 e. The Labute approximate surface area is 236 Å². The molecule has 3 aromatic rings. The monoisotopic (exact) mass is 588 g/mol. The number of rotatable bonds is 6. The lowest BCUT2D eigenvalue weighted by Gasteiger charge is -2.25. The van der Waals surface area contributed by atoms with Gasteiger partial charge < -0.3 is 14.2 Å². The van der Waals surface area contributed by atoms with Crippen LogP contribution in [-0.4, -0.2) is 29.1 Å². The van der Waals surface area contributed by atoms with Gasteiger partial charge in [0.15, 0.2) is 16.3 Å². The first-order valence-electron chi connectivity index (χ1n) is 11.7. The molecular weight excluding hydrogens is 567 g/mol. The Kier molecular flexibility index (Phi) is 8.39. The van der Waals surface area contributed by atoms with Crippen LogP contribution in [0.15, 0.2) is 57.5 Å². The van der Waals surface area contributed by atoms with E-state index in [9.17, 15) is 19.2 Å². The van der Waals surface area contributed by atoms with E-state index in [4.69, 9.17) is 37.4 Å². The summed E-state index contributed by atoms with van der Waals surface area (Å²) in [6, 6.07) is 8.56. The summed E-state index contributed by atoms with van der Waals surface area (Å²) in [7, 11) is 0. The summed E-state index contributed by atoms with van der Waals surface area (Å²) in [4.78, 5) is 54.7. The van der Waals surface area contributed by atoms with Crippen molar-refractivity contribution in [1.82, 2.24) is 4.57 Å². The van der Waals surface area contributed by atoms with Crippen LogP contribution in [0.3, 0.4) is 0 Å². The Morgan fingerprint density at radius 1 is 1.03 bits per heavy atom. The number of thiazole rings is 1. The van der Waals surface area contributed by atoms with Gasteiger partial charge in [0.2, 0.25) is 0 Å². The molecule has 9 nitrogen and oxygen atoms in total. The Morgan fingerprint density at radius 2 is 1.72 bits per heavy atom. The van der Waals surface area contributed by atoms with Crippen molar-refractivity contribution in [2.24, 2.45) is 4.99 Å². The second kappa shape index (κ2) is 11.6. The van der Waals surface area contributed by atoms with E-state index in [-0.39, 0.29) is 28.7 Å². The highest BCUT2D eigenvalue weighted by atomic mass is 35.5. The number of hydrogen-bond donors (Lipinski definition) is 0. The van der Waals surface area contributed by atoms with E-state index in [1.807, 2.05) is 0 Å². The molecule has 1 aliphatic heterocycles. The van der Waals surface area contributed by atoms with Crippen molar-refractivity contribution in [2.75, 3.05) is 6.61 Å². The van der Waals surface area contributed by atoms with Crippen LogP contribution in [0.1, 0.15) is 44.9 Å². The number of allylic oxidation sites excluding steroid dienone is 1. The van der Waals surface area contributed by atoms with Crippen molar-refractivity contribution in [2.45, 2.75) is 33.7 Å². The van der Waals surface area contributed by atoms with Crippen LogP contribution in [0.2, 0.25) is 10.0 Å². The van der Waals surface area contributed by atoms with Gasteiger partial charge in [-0.05, 0) is 55.3 Å². The van der Waals surface area contributed by atoms with Crippen molar-refractivity contribution in [3.05, 3.63) is 88.5 Å². The Hall–Kier alpha value is -3.73. The molecule has 1 aromatic heterocycles. The number of esters is 3. The summed E-state index contributed by atoms with van der Waals surface area (Å²) in [5, 5.41) is 0.590. The molecule has 0 saturated carbocycles. The molecule has 1 atom stereocenters. The van der Waals surface area contributed by atoms with Crippen LogP contribution in [0.4, 0.5) is 0 Å². The Balaban J connectivity index is 1.91. The number of aromatic nitrogens is 1. The SMILES string of the molecule is CCOC(=O)C1=C(C)N=c2s/c(=C\c3ccc(OC(C)=O)c(OC(C)=O)c3)c(=O)n2C1c1ccc(Cl)c(Cl)c1. The topological polar surface area (TPSA) is 113 Å². The summed E-state index contributed by atoms with van der Waals surface area (Å²) >= 11 is 13.5. The third-order valence-electron chi connectivity index (χ3n) is 5.55. The van der Waals surface area contributed by atoms with Gasteiger partial charge >= 0.3 is 17.9 Å². The van der Waals surface area contributed by atoms with Crippen LogP contribution < -0.4 is 24.4 Å². The number of halogens is 2. The Bertz CT molecular complexity index is 1720. The van der Waals surface area contributed by atoms with Gasteiger partial charge in [-0.1, -0.05) is 46.7 Å². The zero-order valence-corrected chi connectivity index (χ0v) is 23.6. The normalized spacial score (nSPS) is 14.9. The van der Waals surface area contributed by atoms with E-state index in [0.717, 1.165) is 11.3 Å². The second-order valence-electron chi connectivity index (χ2n) is 8.37. The number of nitrogens with zero attached hydrogens (tertiary/aromatic N) is 2. The average Bonchev–Trinajstić information content (AvgIpc) is 3.15. The van der Waals surface area contributed by atoms with Gasteiger partial charge in [0.1, 0.15) is 0 Å². The predicted octanol–water partition coefficient (Wildman–Crippen LogP) is 3.96. The fraction of sp³-hybridized carbons (Fsp3) is 0.222. The van der Waals surface area contributed by atoms with Gasteiger partial charge in [0, 0.05) is 13.8 Å². The fourth-order valence-electron chi connectivity index (χ4n) is 4.03. The largest absolute Gasteiger partial charge is 0.463 e. The van der Waals surface area contributed by atoms with E-state index >= 15 is 0 Å². The number of fused-ring (bicyclic) bond motifs is 1. The molecule has 0 aliphatic carbocycles. The van der Waals surface area contributed by atoms with Crippen LogP contribution in [-0.2, 0) is 19.1 Å². The van der Waals surface area contributed by atoms with Gasteiger partial charge in [0.25, 0.3) is 5.56 Å². The maximum Gasteiger partial charge on any atom is 0.338 e. The molecule has 4 rings (SSSR count). The quantitative estimate of drug-likeness (QED) is 0.316. The fourth-order valence-corrected chi connectivity index (χ4v) is 5.38. The summed E-state index contributed by atoms with van der Waals surface area (Å²) in [6.45, 7) is 5.95. The third kappa shape index (κ3) is 5.98. The van der Waals surface area contributed by atoms with Crippen molar-refractivity contribution in [3.8, 4) is 11.5 Å². The highest BCUT2D eigenvalue weighted by molar-refractivity contribution is 7.07. The Morgan fingerprint density at radius 3 is 2.36 bits per heavy atom. The molecule has 0 saturated heterocycles. The molecule has 0 N–H and O–H groups in total. The van der Waals surface area contributed by atoms with Crippen LogP contribution in [0.5, 0.6) is 11.5 Å². The molecule has 0 bridgehead atoms. The van der Waals surface area contributed by atoms with Crippen molar-refractivity contribution < 1.29 is 28.6 Å². The number of hydrogen-bond acceptors (Lipinski definition) is 9. The first-order chi connectivity index (χ1) is 18.5. The minimum absolute atomic E-state index is 0.0216. The lowest BCUT2D eigenvalue weighted by molar-refractivity contribution is -0.139. The summed E-state index contributed by atoms with van der Waals surface area (Å²) < 4.78 is 17.3. The third-order valence-corrected chi connectivity index (χ3v) is 7.27. The number of carbonyl (C=O) groups excluding carboxylic acids is 3. The number of benzene rings is 2. The van der Waals surface area contributed by atoms with Crippen LogP contribution in [0, 0.1) is 0 Å². The smallest absolute Gasteiger partial charge is 0.338 e. The molecule has 12 heteroatoms. The molecule has 202 valence electrons. The summed E-state index contributed by atoms with van der Waals surface area (Å²) in [5.74, 6) is -1.71. The van der Waals surface area contributed by atoms with Gasteiger partial charge in [0.05, 0.1) is 38.5 Å². The molecule has 0 amide bonds. The maximum absolute atomic E-state index is 13.8. The standard InChI is InChI=1S/C27H22Cl2N2O7S/c1-5-36-26(35)23-13(2)30-27-31(24(23)17-7-8-18(28)19(29)12-17)25(34)22(39-27)11-16-6-9-20(37-14(3)32)21(10-16)38-15(4)33/h6-12,24H,5H2,1-4H3/b22-11-. The van der Waals surface area contributed by atoms with E-state index in [2.05, 4.69) is 4.99 Å². The molecule has 39 heavy (non-hydrogen) atoms. The van der Waals surface area contributed by atoms with Crippen molar-refractivity contribution in [1.29, 1.82) is 0 Å². The van der Waals surface area contributed by atoms with Gasteiger partial charge in [-0.2, -0.15) is 0 Å². The van der Waals surface area contributed by atoms with Crippen molar-refractivity contribution >= 4 is 58.5 Å². The predicted molar refractivity (Wildman–Crippen MR) is 146 cm³/mol. The summed E-state index contributed by atoms with van der Waals surface area (Å²) in [5.41, 5.74) is 1.25. The number of ether oxygens (including phenoxy) is 3. The minimum atomic E-state index is -0.861. The molecule has 0 fully saturated rings. The van der Waals surface area contributed by atoms with Gasteiger partial charge in [-0.15, -0.1) is 0 Å². The number of carbonyl (C=O) groups is 3. The molecule has 0 radical (unpaired) electrons. The molecule has 1 aliphatic rings. The lowest BCUT2D eigenvalue weighted by Crippen LogP contribution is -2.39. The van der Waals surface area contributed by atoms with Crippen LogP contribution >= 0.6 is 34.5 Å². The van der Waals surface area contributed by atoms with E-state index in [1.165, 1.54) is 30.5 Å². The zero-order valence-electron chi connectivity index (χ0n) is 21.2. The van der Waals surface area contributed by atoms with Gasteiger partial charge in [-0.25, -0.2) is 9.79 Å². The van der Waals surface area contributed by atoms with E-state index < -0.39 is 29.5 Å².